The van der Waals surface area contributed by atoms with Gasteiger partial charge in [-0.15, -0.1) is 0 Å². The highest BCUT2D eigenvalue weighted by Gasteiger charge is 2.13. The third-order valence-electron chi connectivity index (χ3n) is 3.27. The fraction of sp³-hybridized carbons (Fsp3) is 0.0588. The van der Waals surface area contributed by atoms with E-state index < -0.39 is 4.92 Å². The quantitative estimate of drug-likeness (QED) is 0.527. The summed E-state index contributed by atoms with van der Waals surface area (Å²) in [6.07, 6.45) is 0. The first-order chi connectivity index (χ1) is 10.2. The van der Waals surface area contributed by atoms with Crippen LogP contribution in [0.5, 0.6) is 5.75 Å². The van der Waals surface area contributed by atoms with E-state index in [1.54, 1.807) is 18.2 Å². The normalized spacial score (nSPS) is 10.5. The second kappa shape index (κ2) is 5.63. The Balaban J connectivity index is 1.82. The highest BCUT2D eigenvalue weighted by atomic mass is 16.6. The van der Waals surface area contributed by atoms with Gasteiger partial charge in [-0.05, 0) is 28.5 Å². The van der Waals surface area contributed by atoms with Crippen molar-refractivity contribution >= 4 is 16.5 Å². The van der Waals surface area contributed by atoms with Gasteiger partial charge in [-0.2, -0.15) is 0 Å². The molecule has 0 N–H and O–H groups in total. The van der Waals surface area contributed by atoms with E-state index in [0.717, 1.165) is 16.3 Å². The molecule has 0 radical (unpaired) electrons. The predicted octanol–water partition coefficient (Wildman–Crippen LogP) is 4.33. The zero-order valence-electron chi connectivity index (χ0n) is 11.2. The molecule has 0 aliphatic heterocycles. The minimum absolute atomic E-state index is 0.0155. The molecule has 0 saturated heterocycles. The fourth-order valence-electron chi connectivity index (χ4n) is 2.22. The molecule has 3 aromatic rings. The lowest BCUT2D eigenvalue weighted by atomic mass is 10.1. The Morgan fingerprint density at radius 1 is 0.905 bits per heavy atom. The zero-order valence-corrected chi connectivity index (χ0v) is 11.2. The number of para-hydroxylation sites is 2. The van der Waals surface area contributed by atoms with E-state index in [2.05, 4.69) is 0 Å². The summed E-state index contributed by atoms with van der Waals surface area (Å²) in [4.78, 5) is 10.5. The number of nitro benzene ring substituents is 1. The summed E-state index contributed by atoms with van der Waals surface area (Å²) in [6, 6.07) is 20.5. The van der Waals surface area contributed by atoms with Crippen molar-refractivity contribution in [3.8, 4) is 5.75 Å². The topological polar surface area (TPSA) is 52.4 Å². The van der Waals surface area contributed by atoms with Crippen molar-refractivity contribution in [1.29, 1.82) is 0 Å². The van der Waals surface area contributed by atoms with Crippen molar-refractivity contribution in [2.24, 2.45) is 0 Å². The molecule has 0 bridgehead atoms. The Morgan fingerprint density at radius 3 is 2.43 bits per heavy atom. The van der Waals surface area contributed by atoms with E-state index in [9.17, 15) is 10.1 Å². The van der Waals surface area contributed by atoms with Gasteiger partial charge in [-0.1, -0.05) is 48.5 Å². The van der Waals surface area contributed by atoms with Crippen molar-refractivity contribution in [2.45, 2.75) is 6.61 Å². The minimum Gasteiger partial charge on any atom is -0.482 e. The van der Waals surface area contributed by atoms with E-state index in [1.807, 2.05) is 42.5 Å². The van der Waals surface area contributed by atoms with Crippen molar-refractivity contribution in [1.82, 2.24) is 0 Å². The van der Waals surface area contributed by atoms with Crippen LogP contribution in [0, 0.1) is 10.1 Å². The van der Waals surface area contributed by atoms with E-state index >= 15 is 0 Å². The molecule has 0 amide bonds. The summed E-state index contributed by atoms with van der Waals surface area (Å²) in [5.74, 6) is 0.288. The Morgan fingerprint density at radius 2 is 1.62 bits per heavy atom. The molecule has 0 aromatic heterocycles. The number of hydrogen-bond acceptors (Lipinski definition) is 3. The molecule has 4 nitrogen and oxygen atoms in total. The second-order valence-corrected chi connectivity index (χ2v) is 4.70. The van der Waals surface area contributed by atoms with Crippen LogP contribution in [0.3, 0.4) is 0 Å². The number of benzene rings is 3. The van der Waals surface area contributed by atoms with Crippen LogP contribution in [-0.4, -0.2) is 4.92 Å². The molecule has 104 valence electrons. The highest BCUT2D eigenvalue weighted by molar-refractivity contribution is 5.82. The first kappa shape index (κ1) is 13.1. The van der Waals surface area contributed by atoms with Crippen molar-refractivity contribution in [3.05, 3.63) is 82.4 Å². The number of fused-ring (bicyclic) bond motifs is 1. The first-order valence-electron chi connectivity index (χ1n) is 6.58. The van der Waals surface area contributed by atoms with Crippen LogP contribution < -0.4 is 4.74 Å². The molecular weight excluding hydrogens is 266 g/mol. The van der Waals surface area contributed by atoms with Gasteiger partial charge in [0.2, 0.25) is 0 Å². The zero-order chi connectivity index (χ0) is 14.7. The molecule has 3 rings (SSSR count). The van der Waals surface area contributed by atoms with Gasteiger partial charge in [-0.25, -0.2) is 0 Å². The molecule has 4 heteroatoms. The molecular formula is C17H13NO3. The van der Waals surface area contributed by atoms with Crippen LogP contribution in [0.2, 0.25) is 0 Å². The van der Waals surface area contributed by atoms with Crippen molar-refractivity contribution < 1.29 is 9.66 Å². The number of hydrogen-bond donors (Lipinski definition) is 0. The molecule has 0 heterocycles. The first-order valence-corrected chi connectivity index (χ1v) is 6.58. The van der Waals surface area contributed by atoms with Gasteiger partial charge in [0.1, 0.15) is 6.61 Å². The van der Waals surface area contributed by atoms with Gasteiger partial charge in [0.25, 0.3) is 0 Å². The maximum absolute atomic E-state index is 10.9. The fourth-order valence-corrected chi connectivity index (χ4v) is 2.22. The predicted molar refractivity (Wildman–Crippen MR) is 81.4 cm³/mol. The highest BCUT2D eigenvalue weighted by Crippen LogP contribution is 2.27. The Hall–Kier alpha value is -2.88. The molecule has 0 aliphatic rings. The van der Waals surface area contributed by atoms with Crippen LogP contribution in [0.15, 0.2) is 66.7 Å². The number of ether oxygens (including phenoxy) is 1. The summed E-state index contributed by atoms with van der Waals surface area (Å²) >= 11 is 0. The third-order valence-corrected chi connectivity index (χ3v) is 3.27. The number of rotatable bonds is 4. The Bertz CT molecular complexity index is 799. The van der Waals surface area contributed by atoms with Gasteiger partial charge >= 0.3 is 5.69 Å². The average Bonchev–Trinajstić information content (AvgIpc) is 2.53. The maximum Gasteiger partial charge on any atom is 0.310 e. The monoisotopic (exact) mass is 279 g/mol. The molecule has 0 atom stereocenters. The Kier molecular flexibility index (Phi) is 3.51. The molecule has 3 aromatic carbocycles. The van der Waals surface area contributed by atoms with Gasteiger partial charge in [-0.3, -0.25) is 10.1 Å². The smallest absolute Gasteiger partial charge is 0.310 e. The average molecular weight is 279 g/mol. The largest absolute Gasteiger partial charge is 0.482 e. The van der Waals surface area contributed by atoms with Crippen LogP contribution >= 0.6 is 0 Å². The van der Waals surface area contributed by atoms with Crippen molar-refractivity contribution in [3.63, 3.8) is 0 Å². The maximum atomic E-state index is 10.9. The minimum atomic E-state index is -0.435. The van der Waals surface area contributed by atoms with Crippen LogP contribution in [0.1, 0.15) is 5.56 Å². The lowest BCUT2D eigenvalue weighted by Crippen LogP contribution is -1.98. The number of nitro groups is 1. The summed E-state index contributed by atoms with van der Waals surface area (Å²) in [6.45, 7) is 0.301. The summed E-state index contributed by atoms with van der Waals surface area (Å²) < 4.78 is 5.59. The summed E-state index contributed by atoms with van der Waals surface area (Å²) in [5, 5.41) is 13.2. The lowest BCUT2D eigenvalue weighted by molar-refractivity contribution is -0.385. The van der Waals surface area contributed by atoms with E-state index in [1.165, 1.54) is 6.07 Å². The molecule has 0 aliphatic carbocycles. The standard InChI is InChI=1S/C17H13NO3/c19-18(20)16-7-3-4-8-17(16)21-12-13-9-10-14-5-1-2-6-15(14)11-13/h1-11H,12H2. The molecule has 0 spiro atoms. The Labute approximate surface area is 121 Å². The van der Waals surface area contributed by atoms with Gasteiger partial charge < -0.3 is 4.74 Å². The summed E-state index contributed by atoms with van der Waals surface area (Å²) in [7, 11) is 0. The van der Waals surface area contributed by atoms with Gasteiger partial charge in [0.05, 0.1) is 4.92 Å². The van der Waals surface area contributed by atoms with E-state index in [0.29, 0.717) is 6.61 Å². The molecule has 21 heavy (non-hydrogen) atoms. The van der Waals surface area contributed by atoms with Gasteiger partial charge in [0.15, 0.2) is 5.75 Å². The molecule has 0 fully saturated rings. The lowest BCUT2D eigenvalue weighted by Gasteiger charge is -2.07. The van der Waals surface area contributed by atoms with Crippen LogP contribution in [0.4, 0.5) is 5.69 Å². The summed E-state index contributed by atoms with van der Waals surface area (Å²) in [5.41, 5.74) is 0.963. The third kappa shape index (κ3) is 2.84. The SMILES string of the molecule is O=[N+]([O-])c1ccccc1OCc1ccc2ccccc2c1. The second-order valence-electron chi connectivity index (χ2n) is 4.70. The molecule has 0 unspecified atom stereocenters. The van der Waals surface area contributed by atoms with Crippen LogP contribution in [-0.2, 0) is 6.61 Å². The van der Waals surface area contributed by atoms with Crippen LogP contribution in [0.25, 0.3) is 10.8 Å². The van der Waals surface area contributed by atoms with Gasteiger partial charge in [0, 0.05) is 6.07 Å². The van der Waals surface area contributed by atoms with Crippen molar-refractivity contribution in [2.75, 3.05) is 0 Å². The number of nitrogens with zero attached hydrogens (tertiary/aromatic N) is 1. The van der Waals surface area contributed by atoms with E-state index in [4.69, 9.17) is 4.74 Å². The molecule has 0 saturated carbocycles. The van der Waals surface area contributed by atoms with E-state index in [-0.39, 0.29) is 11.4 Å².